The van der Waals surface area contributed by atoms with E-state index in [0.29, 0.717) is 6.42 Å². The van der Waals surface area contributed by atoms with Gasteiger partial charge in [-0.3, -0.25) is 4.79 Å². The molecule has 2 N–H and O–H groups in total. The van der Waals surface area contributed by atoms with Crippen LogP contribution in [0.5, 0.6) is 0 Å². The van der Waals surface area contributed by atoms with Crippen LogP contribution in [0.1, 0.15) is 37.3 Å². The molecule has 0 spiro atoms. The maximum Gasteiger partial charge on any atom is 0.407 e. The van der Waals surface area contributed by atoms with Gasteiger partial charge < -0.3 is 24.8 Å². The highest BCUT2D eigenvalue weighted by Gasteiger charge is 2.36. The zero-order chi connectivity index (χ0) is 24.2. The second-order valence-electron chi connectivity index (χ2n) is 8.82. The molecule has 34 heavy (non-hydrogen) atoms. The zero-order valence-electron chi connectivity index (χ0n) is 19.4. The van der Waals surface area contributed by atoms with Crippen LogP contribution in [0.4, 0.5) is 4.79 Å². The minimum Gasteiger partial charge on any atom is -0.479 e. The number of alkyl carbamates (subject to hydrolysis) is 1. The largest absolute Gasteiger partial charge is 0.479 e. The number of hydrogen-bond acceptors (Lipinski definition) is 5. The summed E-state index contributed by atoms with van der Waals surface area (Å²) in [4.78, 5) is 38.7. The van der Waals surface area contributed by atoms with Crippen molar-refractivity contribution in [3.05, 3.63) is 59.7 Å². The Morgan fingerprint density at radius 3 is 2.32 bits per heavy atom. The smallest absolute Gasteiger partial charge is 0.407 e. The van der Waals surface area contributed by atoms with Crippen molar-refractivity contribution in [2.75, 3.05) is 26.3 Å². The first-order valence-electron chi connectivity index (χ1n) is 11.6. The molecule has 1 aliphatic heterocycles. The second kappa shape index (κ2) is 10.3. The lowest BCUT2D eigenvalue weighted by Crippen LogP contribution is -2.56. The van der Waals surface area contributed by atoms with E-state index < -0.39 is 24.2 Å². The number of aliphatic carboxylic acids is 1. The van der Waals surface area contributed by atoms with Crippen LogP contribution in [0.3, 0.4) is 0 Å². The van der Waals surface area contributed by atoms with Gasteiger partial charge in [0.15, 0.2) is 6.10 Å². The molecule has 8 nitrogen and oxygen atoms in total. The van der Waals surface area contributed by atoms with Gasteiger partial charge in [-0.05, 0) is 28.2 Å². The van der Waals surface area contributed by atoms with E-state index in [1.807, 2.05) is 50.2 Å². The van der Waals surface area contributed by atoms with Crippen LogP contribution in [0.2, 0.25) is 0 Å². The van der Waals surface area contributed by atoms with Crippen LogP contribution in [0.15, 0.2) is 48.5 Å². The van der Waals surface area contributed by atoms with E-state index in [9.17, 15) is 19.5 Å². The van der Waals surface area contributed by atoms with Gasteiger partial charge >= 0.3 is 12.1 Å². The number of carboxylic acids is 1. The van der Waals surface area contributed by atoms with E-state index in [2.05, 4.69) is 17.4 Å². The van der Waals surface area contributed by atoms with Gasteiger partial charge in [-0.2, -0.15) is 0 Å². The van der Waals surface area contributed by atoms with Crippen molar-refractivity contribution in [3.8, 4) is 11.1 Å². The summed E-state index contributed by atoms with van der Waals surface area (Å²) in [5, 5.41) is 12.0. The Balaban J connectivity index is 1.43. The van der Waals surface area contributed by atoms with Crippen molar-refractivity contribution >= 4 is 18.0 Å². The Hall–Kier alpha value is -3.39. The summed E-state index contributed by atoms with van der Waals surface area (Å²) in [6.07, 6.45) is -1.07. The molecule has 2 amide bonds. The van der Waals surface area contributed by atoms with Crippen LogP contribution in [-0.2, 0) is 19.1 Å². The van der Waals surface area contributed by atoms with Crippen molar-refractivity contribution in [1.82, 2.24) is 10.2 Å². The molecule has 2 aromatic rings. The predicted molar refractivity (Wildman–Crippen MR) is 125 cm³/mol. The third-order valence-electron chi connectivity index (χ3n) is 6.75. The number of morpholine rings is 1. The minimum absolute atomic E-state index is 0.0481. The number of carboxylic acid groups (broad SMARTS) is 1. The van der Waals surface area contributed by atoms with Crippen molar-refractivity contribution in [2.24, 2.45) is 5.92 Å². The van der Waals surface area contributed by atoms with Gasteiger partial charge in [0.05, 0.1) is 13.2 Å². The Bertz CT molecular complexity index is 1030. The molecule has 0 aromatic heterocycles. The van der Waals surface area contributed by atoms with E-state index in [1.165, 1.54) is 4.90 Å². The first-order chi connectivity index (χ1) is 16.4. The average Bonchev–Trinajstić information content (AvgIpc) is 3.19. The molecule has 0 radical (unpaired) electrons. The number of nitrogens with one attached hydrogen (secondary N) is 1. The summed E-state index contributed by atoms with van der Waals surface area (Å²) in [5.74, 6) is -1.66. The highest BCUT2D eigenvalue weighted by molar-refractivity contribution is 5.87. The highest BCUT2D eigenvalue weighted by Crippen LogP contribution is 2.44. The number of fused-ring (bicyclic) bond motifs is 3. The van der Waals surface area contributed by atoms with E-state index >= 15 is 0 Å². The maximum absolute atomic E-state index is 13.2. The SMILES string of the molecule is CC[C@H](C)[C@H](NC(=O)OCC1c2ccccc2-c2ccccc21)C(=O)N1CCOC(C(=O)O)C1. The summed E-state index contributed by atoms with van der Waals surface area (Å²) in [5.41, 5.74) is 4.50. The summed E-state index contributed by atoms with van der Waals surface area (Å²) < 4.78 is 10.8. The number of carbonyl (C=O) groups excluding carboxylic acids is 2. The van der Waals surface area contributed by atoms with E-state index in [4.69, 9.17) is 9.47 Å². The van der Waals surface area contributed by atoms with Gasteiger partial charge in [0.1, 0.15) is 12.6 Å². The summed E-state index contributed by atoms with van der Waals surface area (Å²) in [6, 6.07) is 15.4. The number of hydrogen-bond donors (Lipinski definition) is 2. The molecule has 4 rings (SSSR count). The summed E-state index contributed by atoms with van der Waals surface area (Å²) in [7, 11) is 0. The number of carbonyl (C=O) groups is 3. The van der Waals surface area contributed by atoms with E-state index in [0.717, 1.165) is 22.3 Å². The maximum atomic E-state index is 13.2. The fraction of sp³-hybridized carbons (Fsp3) is 0.423. The molecule has 0 bridgehead atoms. The first kappa shape index (κ1) is 23.8. The van der Waals surface area contributed by atoms with Gasteiger partial charge in [-0.1, -0.05) is 68.8 Å². The molecule has 2 aliphatic rings. The Morgan fingerprint density at radius 2 is 1.74 bits per heavy atom. The van der Waals surface area contributed by atoms with Crippen molar-refractivity contribution in [3.63, 3.8) is 0 Å². The number of nitrogens with zero attached hydrogens (tertiary/aromatic N) is 1. The molecular formula is C26H30N2O6. The molecule has 2 aromatic carbocycles. The third kappa shape index (κ3) is 4.77. The van der Waals surface area contributed by atoms with Gasteiger partial charge in [-0.15, -0.1) is 0 Å². The molecule has 8 heteroatoms. The molecule has 0 saturated carbocycles. The summed E-state index contributed by atoms with van der Waals surface area (Å²) in [6.45, 7) is 4.33. The molecular weight excluding hydrogens is 436 g/mol. The lowest BCUT2D eigenvalue weighted by atomic mass is 9.97. The Morgan fingerprint density at radius 1 is 1.12 bits per heavy atom. The lowest BCUT2D eigenvalue weighted by molar-refractivity contribution is -0.160. The van der Waals surface area contributed by atoms with Crippen molar-refractivity contribution in [1.29, 1.82) is 0 Å². The standard InChI is InChI=1S/C26H30N2O6/c1-3-16(2)23(24(29)28-12-13-33-22(14-28)25(30)31)27-26(32)34-15-21-19-10-6-4-8-17(19)18-9-5-7-11-20(18)21/h4-11,16,21-23H,3,12-15H2,1-2H3,(H,27,32)(H,30,31)/t16-,22?,23-/m0/s1. The van der Waals surface area contributed by atoms with Crippen LogP contribution >= 0.6 is 0 Å². The molecule has 1 saturated heterocycles. The molecule has 1 fully saturated rings. The number of benzene rings is 2. The average molecular weight is 467 g/mol. The van der Waals surface area contributed by atoms with Crippen LogP contribution < -0.4 is 5.32 Å². The van der Waals surface area contributed by atoms with Crippen molar-refractivity contribution < 1.29 is 29.0 Å². The molecule has 3 atom stereocenters. The quantitative estimate of drug-likeness (QED) is 0.649. The number of amides is 2. The van der Waals surface area contributed by atoms with Gasteiger partial charge in [-0.25, -0.2) is 9.59 Å². The van der Waals surface area contributed by atoms with Crippen LogP contribution in [0, 0.1) is 5.92 Å². The third-order valence-corrected chi connectivity index (χ3v) is 6.75. The molecule has 1 unspecified atom stereocenters. The predicted octanol–water partition coefficient (Wildman–Crippen LogP) is 3.25. The normalized spacial score (nSPS) is 19.0. The monoisotopic (exact) mass is 466 g/mol. The lowest BCUT2D eigenvalue weighted by Gasteiger charge is -2.35. The fourth-order valence-corrected chi connectivity index (χ4v) is 4.65. The van der Waals surface area contributed by atoms with Crippen LogP contribution in [0.25, 0.3) is 11.1 Å². The van der Waals surface area contributed by atoms with E-state index in [-0.39, 0.29) is 44.0 Å². The molecule has 180 valence electrons. The fourth-order valence-electron chi connectivity index (χ4n) is 4.65. The minimum atomic E-state index is -1.11. The molecule has 1 aliphatic carbocycles. The first-order valence-corrected chi connectivity index (χ1v) is 11.6. The Labute approximate surface area is 198 Å². The van der Waals surface area contributed by atoms with Gasteiger partial charge in [0.2, 0.25) is 5.91 Å². The summed E-state index contributed by atoms with van der Waals surface area (Å²) >= 11 is 0. The second-order valence-corrected chi connectivity index (χ2v) is 8.82. The van der Waals surface area contributed by atoms with E-state index in [1.54, 1.807) is 0 Å². The zero-order valence-corrected chi connectivity index (χ0v) is 19.4. The van der Waals surface area contributed by atoms with Crippen LogP contribution in [-0.4, -0.2) is 66.4 Å². The van der Waals surface area contributed by atoms with Crippen molar-refractivity contribution in [2.45, 2.75) is 38.3 Å². The highest BCUT2D eigenvalue weighted by atomic mass is 16.5. The number of rotatable bonds is 7. The Kier molecular flexibility index (Phi) is 7.17. The van der Waals surface area contributed by atoms with Gasteiger partial charge in [0, 0.05) is 12.5 Å². The number of ether oxygens (including phenoxy) is 2. The topological polar surface area (TPSA) is 105 Å². The molecule has 1 heterocycles. The van der Waals surface area contributed by atoms with Gasteiger partial charge in [0.25, 0.3) is 0 Å².